The molecule has 4 rings (SSSR count). The van der Waals surface area contributed by atoms with E-state index in [9.17, 15) is 9.59 Å². The van der Waals surface area contributed by atoms with Gasteiger partial charge in [0.1, 0.15) is 9.88 Å². The standard InChI is InChI=1S/C20H18N2O3S2/c1-12-17(27-18(21-12)16-9-5-11-26-16)19(23)22-10-4-7-13-14(20(24)25-2)6-3-8-15(13)22/h3,5-6,8-9,11H,4,7,10H2,1-2H3. The first-order chi connectivity index (χ1) is 13.1. The molecule has 2 aromatic heterocycles. The number of carbonyl (C=O) groups excluding carboxylic acids is 2. The van der Waals surface area contributed by atoms with Gasteiger partial charge in [-0.2, -0.15) is 0 Å². The molecule has 0 saturated heterocycles. The Balaban J connectivity index is 1.72. The molecule has 1 aliphatic heterocycles. The minimum Gasteiger partial charge on any atom is -0.465 e. The van der Waals surface area contributed by atoms with E-state index in [4.69, 9.17) is 4.74 Å². The normalized spacial score (nSPS) is 13.3. The maximum absolute atomic E-state index is 13.3. The molecule has 0 bridgehead atoms. The maximum Gasteiger partial charge on any atom is 0.338 e. The number of thiazole rings is 1. The van der Waals surface area contributed by atoms with Gasteiger partial charge in [0.25, 0.3) is 5.91 Å². The molecule has 0 spiro atoms. The van der Waals surface area contributed by atoms with Crippen molar-refractivity contribution in [2.75, 3.05) is 18.6 Å². The van der Waals surface area contributed by atoms with Gasteiger partial charge in [-0.3, -0.25) is 4.79 Å². The maximum atomic E-state index is 13.3. The number of carbonyl (C=O) groups is 2. The second kappa shape index (κ2) is 7.25. The van der Waals surface area contributed by atoms with E-state index < -0.39 is 0 Å². The Morgan fingerprint density at radius 3 is 2.81 bits per heavy atom. The largest absolute Gasteiger partial charge is 0.465 e. The number of methoxy groups -OCH3 is 1. The third-order valence-electron chi connectivity index (χ3n) is 4.62. The van der Waals surface area contributed by atoms with E-state index in [0.717, 1.165) is 39.7 Å². The van der Waals surface area contributed by atoms with Crippen LogP contribution in [-0.4, -0.2) is 30.5 Å². The van der Waals surface area contributed by atoms with Crippen molar-refractivity contribution in [3.05, 3.63) is 57.4 Å². The number of aryl methyl sites for hydroxylation is 1. The van der Waals surface area contributed by atoms with Crippen LogP contribution in [0.3, 0.4) is 0 Å². The number of hydrogen-bond donors (Lipinski definition) is 0. The van der Waals surface area contributed by atoms with Gasteiger partial charge in [-0.05, 0) is 48.9 Å². The van der Waals surface area contributed by atoms with Crippen LogP contribution in [0, 0.1) is 6.92 Å². The molecule has 3 aromatic rings. The molecule has 7 heteroatoms. The van der Waals surface area contributed by atoms with E-state index >= 15 is 0 Å². The summed E-state index contributed by atoms with van der Waals surface area (Å²) >= 11 is 3.04. The molecule has 1 amide bonds. The molecular weight excluding hydrogens is 380 g/mol. The van der Waals surface area contributed by atoms with Crippen molar-refractivity contribution in [3.8, 4) is 9.88 Å². The minimum atomic E-state index is -0.366. The lowest BCUT2D eigenvalue weighted by molar-refractivity contribution is 0.0599. The smallest absolute Gasteiger partial charge is 0.338 e. The molecular formula is C20H18N2O3S2. The van der Waals surface area contributed by atoms with Crippen LogP contribution in [0.25, 0.3) is 9.88 Å². The van der Waals surface area contributed by atoms with Crippen molar-refractivity contribution in [2.45, 2.75) is 19.8 Å². The Morgan fingerprint density at radius 1 is 1.22 bits per heavy atom. The van der Waals surface area contributed by atoms with Crippen molar-refractivity contribution < 1.29 is 14.3 Å². The quantitative estimate of drug-likeness (QED) is 0.607. The summed E-state index contributed by atoms with van der Waals surface area (Å²) in [5.41, 5.74) is 2.95. The first-order valence-corrected chi connectivity index (χ1v) is 10.3. The third-order valence-corrected chi connectivity index (χ3v) is 6.81. The molecule has 0 saturated carbocycles. The zero-order valence-corrected chi connectivity index (χ0v) is 16.7. The van der Waals surface area contributed by atoms with Gasteiger partial charge >= 0.3 is 5.97 Å². The van der Waals surface area contributed by atoms with Crippen LogP contribution in [0.15, 0.2) is 35.7 Å². The Labute approximate surface area is 165 Å². The number of amides is 1. The number of aromatic nitrogens is 1. The van der Waals surface area contributed by atoms with Crippen molar-refractivity contribution in [2.24, 2.45) is 0 Å². The SMILES string of the molecule is COC(=O)c1cccc2c1CCCN2C(=O)c1sc(-c2cccs2)nc1C. The summed E-state index contributed by atoms with van der Waals surface area (Å²) in [6, 6.07) is 9.44. The first-order valence-electron chi connectivity index (χ1n) is 8.63. The number of fused-ring (bicyclic) bond motifs is 1. The summed E-state index contributed by atoms with van der Waals surface area (Å²) in [6.07, 6.45) is 1.56. The van der Waals surface area contributed by atoms with Crippen molar-refractivity contribution in [3.63, 3.8) is 0 Å². The summed E-state index contributed by atoms with van der Waals surface area (Å²) in [7, 11) is 1.38. The lowest BCUT2D eigenvalue weighted by Gasteiger charge is -2.30. The van der Waals surface area contributed by atoms with Crippen LogP contribution in [0.5, 0.6) is 0 Å². The Kier molecular flexibility index (Phi) is 4.80. The highest BCUT2D eigenvalue weighted by Crippen LogP contribution is 2.35. The number of thiophene rings is 1. The van der Waals surface area contributed by atoms with E-state index in [-0.39, 0.29) is 11.9 Å². The Morgan fingerprint density at radius 2 is 2.07 bits per heavy atom. The molecule has 0 aliphatic carbocycles. The third kappa shape index (κ3) is 3.17. The number of nitrogens with zero attached hydrogens (tertiary/aromatic N) is 2. The molecule has 27 heavy (non-hydrogen) atoms. The number of esters is 1. The molecule has 0 N–H and O–H groups in total. The van der Waals surface area contributed by atoms with E-state index in [1.807, 2.05) is 30.5 Å². The lowest BCUT2D eigenvalue weighted by atomic mass is 9.96. The monoisotopic (exact) mass is 398 g/mol. The van der Waals surface area contributed by atoms with Gasteiger partial charge in [0.2, 0.25) is 0 Å². The van der Waals surface area contributed by atoms with Gasteiger partial charge in [-0.15, -0.1) is 22.7 Å². The fourth-order valence-corrected chi connectivity index (χ4v) is 5.17. The number of rotatable bonds is 3. The highest BCUT2D eigenvalue weighted by molar-refractivity contribution is 7.22. The molecule has 138 valence electrons. The second-order valence-electron chi connectivity index (χ2n) is 6.27. The highest BCUT2D eigenvalue weighted by Gasteiger charge is 2.29. The minimum absolute atomic E-state index is 0.0595. The number of benzene rings is 1. The number of anilines is 1. The summed E-state index contributed by atoms with van der Waals surface area (Å²) in [6.45, 7) is 2.50. The van der Waals surface area contributed by atoms with Gasteiger partial charge in [0.15, 0.2) is 0 Å². The Hall–Kier alpha value is -2.51. The molecule has 1 aliphatic rings. The van der Waals surface area contributed by atoms with E-state index in [1.54, 1.807) is 28.4 Å². The number of ether oxygens (including phenoxy) is 1. The van der Waals surface area contributed by atoms with Crippen molar-refractivity contribution in [1.82, 2.24) is 4.98 Å². The molecule has 0 radical (unpaired) electrons. The zero-order valence-electron chi connectivity index (χ0n) is 15.0. The summed E-state index contributed by atoms with van der Waals surface area (Å²) < 4.78 is 4.90. The van der Waals surface area contributed by atoms with Gasteiger partial charge < -0.3 is 9.64 Å². The van der Waals surface area contributed by atoms with Crippen LogP contribution < -0.4 is 4.90 Å². The molecule has 1 aromatic carbocycles. The first kappa shape index (κ1) is 17.9. The van der Waals surface area contributed by atoms with E-state index in [0.29, 0.717) is 17.0 Å². The highest BCUT2D eigenvalue weighted by atomic mass is 32.1. The fraction of sp³-hybridized carbons (Fsp3) is 0.250. The summed E-state index contributed by atoms with van der Waals surface area (Å²) in [5.74, 6) is -0.425. The van der Waals surface area contributed by atoms with Crippen LogP contribution in [-0.2, 0) is 11.2 Å². The van der Waals surface area contributed by atoms with Crippen LogP contribution in [0.2, 0.25) is 0 Å². The van der Waals surface area contributed by atoms with E-state index in [1.165, 1.54) is 18.4 Å². The summed E-state index contributed by atoms with van der Waals surface area (Å²) in [4.78, 5) is 33.5. The summed E-state index contributed by atoms with van der Waals surface area (Å²) in [5, 5.41) is 2.87. The lowest BCUT2D eigenvalue weighted by Crippen LogP contribution is -2.36. The van der Waals surface area contributed by atoms with Gasteiger partial charge in [-0.1, -0.05) is 12.1 Å². The number of hydrogen-bond acceptors (Lipinski definition) is 6. The fourth-order valence-electron chi connectivity index (χ4n) is 3.36. The topological polar surface area (TPSA) is 59.5 Å². The van der Waals surface area contributed by atoms with Crippen LogP contribution >= 0.6 is 22.7 Å². The van der Waals surface area contributed by atoms with Crippen molar-refractivity contribution in [1.29, 1.82) is 0 Å². The van der Waals surface area contributed by atoms with Gasteiger partial charge in [0.05, 0.1) is 23.2 Å². The molecule has 5 nitrogen and oxygen atoms in total. The average molecular weight is 399 g/mol. The molecule has 3 heterocycles. The molecule has 0 unspecified atom stereocenters. The zero-order chi connectivity index (χ0) is 19.0. The average Bonchev–Trinajstić information content (AvgIpc) is 3.35. The Bertz CT molecular complexity index is 1010. The molecule has 0 atom stereocenters. The van der Waals surface area contributed by atoms with Crippen LogP contribution in [0.1, 0.15) is 37.7 Å². The predicted molar refractivity (Wildman–Crippen MR) is 108 cm³/mol. The molecule has 0 fully saturated rings. The predicted octanol–water partition coefficient (Wildman–Crippen LogP) is 4.56. The van der Waals surface area contributed by atoms with Gasteiger partial charge in [0, 0.05) is 12.2 Å². The van der Waals surface area contributed by atoms with Crippen molar-refractivity contribution >= 4 is 40.2 Å². The van der Waals surface area contributed by atoms with Crippen LogP contribution in [0.4, 0.5) is 5.69 Å². The van der Waals surface area contributed by atoms with Gasteiger partial charge in [-0.25, -0.2) is 9.78 Å². The second-order valence-corrected chi connectivity index (χ2v) is 8.21. The van der Waals surface area contributed by atoms with E-state index in [2.05, 4.69) is 4.98 Å².